The highest BCUT2D eigenvalue weighted by atomic mass is 16.5. The molecule has 1 saturated heterocycles. The fraction of sp³-hybridized carbons (Fsp3) is 0.438. The van der Waals surface area contributed by atoms with Crippen LogP contribution in [0.25, 0.3) is 11.5 Å². The zero-order valence-electron chi connectivity index (χ0n) is 13.6. The Labute approximate surface area is 139 Å². The minimum atomic E-state index is -0.295. The van der Waals surface area contributed by atoms with Gasteiger partial charge in [-0.2, -0.15) is 0 Å². The topological polar surface area (TPSA) is 98.5 Å². The Hall–Kier alpha value is -2.45. The molecule has 1 aromatic carbocycles. The predicted molar refractivity (Wildman–Crippen MR) is 86.6 cm³/mol. The predicted octanol–water partition coefficient (Wildman–Crippen LogP) is 1.97. The van der Waals surface area contributed by atoms with Crippen molar-refractivity contribution in [3.05, 3.63) is 30.2 Å². The molecule has 8 nitrogen and oxygen atoms in total. The summed E-state index contributed by atoms with van der Waals surface area (Å²) in [4.78, 5) is 12.1. The molecule has 0 unspecified atom stereocenters. The van der Waals surface area contributed by atoms with E-state index in [0.29, 0.717) is 37.3 Å². The first-order chi connectivity index (χ1) is 11.7. The van der Waals surface area contributed by atoms with Crippen molar-refractivity contribution < 1.29 is 18.7 Å². The van der Waals surface area contributed by atoms with E-state index in [0.717, 1.165) is 5.56 Å². The normalized spacial score (nSPS) is 20.1. The van der Waals surface area contributed by atoms with Gasteiger partial charge in [0.05, 0.1) is 19.3 Å². The lowest BCUT2D eigenvalue weighted by Gasteiger charge is -2.19. The SMILES string of the molecule is CCO[C@H]1COC[C@@H]1NC(=O)Nc1ccc(-c2nnc(C)o2)cc1. The van der Waals surface area contributed by atoms with E-state index in [1.165, 1.54) is 0 Å². The van der Waals surface area contributed by atoms with Crippen molar-refractivity contribution in [2.24, 2.45) is 0 Å². The van der Waals surface area contributed by atoms with Crippen molar-refractivity contribution in [2.75, 3.05) is 25.1 Å². The lowest BCUT2D eigenvalue weighted by Crippen LogP contribution is -2.45. The molecule has 3 rings (SSSR count). The quantitative estimate of drug-likeness (QED) is 0.868. The minimum absolute atomic E-state index is 0.108. The highest BCUT2D eigenvalue weighted by molar-refractivity contribution is 5.89. The second kappa shape index (κ2) is 7.41. The summed E-state index contributed by atoms with van der Waals surface area (Å²) < 4.78 is 16.3. The van der Waals surface area contributed by atoms with E-state index in [4.69, 9.17) is 13.9 Å². The molecule has 1 aliphatic heterocycles. The number of carbonyl (C=O) groups excluding carboxylic acids is 1. The summed E-state index contributed by atoms with van der Waals surface area (Å²) in [7, 11) is 0. The van der Waals surface area contributed by atoms with E-state index in [2.05, 4.69) is 20.8 Å². The van der Waals surface area contributed by atoms with E-state index in [1.54, 1.807) is 19.1 Å². The van der Waals surface area contributed by atoms with E-state index < -0.39 is 0 Å². The number of aromatic nitrogens is 2. The van der Waals surface area contributed by atoms with Gasteiger partial charge >= 0.3 is 6.03 Å². The number of anilines is 1. The molecular weight excluding hydrogens is 312 g/mol. The Kier molecular flexibility index (Phi) is 5.07. The van der Waals surface area contributed by atoms with Crippen LogP contribution >= 0.6 is 0 Å². The van der Waals surface area contributed by atoms with E-state index >= 15 is 0 Å². The molecule has 0 saturated carbocycles. The first kappa shape index (κ1) is 16.4. The van der Waals surface area contributed by atoms with Crippen molar-refractivity contribution >= 4 is 11.7 Å². The van der Waals surface area contributed by atoms with Crippen LogP contribution in [-0.4, -0.2) is 48.2 Å². The number of carbonyl (C=O) groups is 1. The molecule has 1 aromatic heterocycles. The number of urea groups is 1. The van der Waals surface area contributed by atoms with Gasteiger partial charge in [-0.3, -0.25) is 0 Å². The zero-order chi connectivity index (χ0) is 16.9. The fourth-order valence-corrected chi connectivity index (χ4v) is 2.49. The fourth-order valence-electron chi connectivity index (χ4n) is 2.49. The van der Waals surface area contributed by atoms with Crippen LogP contribution in [0.5, 0.6) is 0 Å². The maximum absolute atomic E-state index is 12.1. The van der Waals surface area contributed by atoms with Gasteiger partial charge < -0.3 is 24.5 Å². The monoisotopic (exact) mass is 332 g/mol. The molecule has 8 heteroatoms. The van der Waals surface area contributed by atoms with Crippen molar-refractivity contribution in [3.8, 4) is 11.5 Å². The summed E-state index contributed by atoms with van der Waals surface area (Å²) in [5.41, 5.74) is 1.46. The molecule has 128 valence electrons. The van der Waals surface area contributed by atoms with Crippen LogP contribution in [0.4, 0.5) is 10.5 Å². The summed E-state index contributed by atoms with van der Waals surface area (Å²) in [6, 6.07) is 6.73. The highest BCUT2D eigenvalue weighted by Gasteiger charge is 2.30. The average molecular weight is 332 g/mol. The number of nitrogens with zero attached hydrogens (tertiary/aromatic N) is 2. The Balaban J connectivity index is 1.56. The third-order valence-corrected chi connectivity index (χ3v) is 3.64. The number of rotatable bonds is 5. The van der Waals surface area contributed by atoms with Crippen LogP contribution in [0.15, 0.2) is 28.7 Å². The Bertz CT molecular complexity index is 686. The van der Waals surface area contributed by atoms with Crippen molar-refractivity contribution in [1.82, 2.24) is 15.5 Å². The lowest BCUT2D eigenvalue weighted by atomic mass is 10.2. The minimum Gasteiger partial charge on any atom is -0.421 e. The van der Waals surface area contributed by atoms with Gasteiger partial charge in [-0.15, -0.1) is 10.2 Å². The number of amides is 2. The van der Waals surface area contributed by atoms with E-state index in [1.807, 2.05) is 19.1 Å². The third kappa shape index (κ3) is 3.90. The highest BCUT2D eigenvalue weighted by Crippen LogP contribution is 2.20. The molecule has 2 amide bonds. The number of hydrogen-bond donors (Lipinski definition) is 2. The van der Waals surface area contributed by atoms with E-state index in [9.17, 15) is 4.79 Å². The zero-order valence-corrected chi connectivity index (χ0v) is 13.6. The summed E-state index contributed by atoms with van der Waals surface area (Å²) in [6.07, 6.45) is -0.108. The molecule has 0 radical (unpaired) electrons. The maximum Gasteiger partial charge on any atom is 0.319 e. The Morgan fingerprint density at radius 3 is 2.75 bits per heavy atom. The molecule has 2 heterocycles. The van der Waals surface area contributed by atoms with Crippen LogP contribution in [-0.2, 0) is 9.47 Å². The molecule has 0 spiro atoms. The first-order valence-corrected chi connectivity index (χ1v) is 7.83. The van der Waals surface area contributed by atoms with Gasteiger partial charge in [0.2, 0.25) is 11.8 Å². The van der Waals surface area contributed by atoms with Crippen LogP contribution in [0.3, 0.4) is 0 Å². The molecule has 1 aliphatic rings. The summed E-state index contributed by atoms with van der Waals surface area (Å²) in [5, 5.41) is 13.4. The number of hydrogen-bond acceptors (Lipinski definition) is 6. The Morgan fingerprint density at radius 2 is 2.08 bits per heavy atom. The second-order valence-corrected chi connectivity index (χ2v) is 5.44. The summed E-state index contributed by atoms with van der Waals surface area (Å²) in [6.45, 7) is 5.19. The molecule has 2 aromatic rings. The van der Waals surface area contributed by atoms with Gasteiger partial charge in [0.1, 0.15) is 6.10 Å². The van der Waals surface area contributed by atoms with Crippen LogP contribution in [0, 0.1) is 6.92 Å². The third-order valence-electron chi connectivity index (χ3n) is 3.64. The van der Waals surface area contributed by atoms with Crippen molar-refractivity contribution in [3.63, 3.8) is 0 Å². The standard InChI is InChI=1S/C16H20N4O4/c1-3-23-14-9-22-8-13(14)18-16(21)17-12-6-4-11(5-7-12)15-20-19-10(2)24-15/h4-7,13-14H,3,8-9H2,1-2H3,(H2,17,18,21)/t13-,14-/m0/s1. The van der Waals surface area contributed by atoms with Crippen LogP contribution < -0.4 is 10.6 Å². The molecule has 1 fully saturated rings. The number of ether oxygens (including phenoxy) is 2. The molecule has 2 atom stereocenters. The van der Waals surface area contributed by atoms with Gasteiger partial charge in [-0.25, -0.2) is 4.79 Å². The van der Waals surface area contributed by atoms with Crippen LogP contribution in [0.2, 0.25) is 0 Å². The average Bonchev–Trinajstić information content (AvgIpc) is 3.18. The smallest absolute Gasteiger partial charge is 0.319 e. The Morgan fingerprint density at radius 1 is 1.29 bits per heavy atom. The molecule has 0 aliphatic carbocycles. The van der Waals surface area contributed by atoms with Gasteiger partial charge in [-0.1, -0.05) is 0 Å². The molecule has 24 heavy (non-hydrogen) atoms. The summed E-state index contributed by atoms with van der Waals surface area (Å²) >= 11 is 0. The lowest BCUT2D eigenvalue weighted by molar-refractivity contribution is 0.0428. The van der Waals surface area contributed by atoms with Gasteiger partial charge in [0.15, 0.2) is 0 Å². The number of benzene rings is 1. The van der Waals surface area contributed by atoms with Crippen LogP contribution in [0.1, 0.15) is 12.8 Å². The van der Waals surface area contributed by atoms with Crippen molar-refractivity contribution in [2.45, 2.75) is 26.0 Å². The van der Waals surface area contributed by atoms with Gasteiger partial charge in [0, 0.05) is 24.8 Å². The molecule has 0 bridgehead atoms. The second-order valence-electron chi connectivity index (χ2n) is 5.44. The number of nitrogens with one attached hydrogen (secondary N) is 2. The molecular formula is C16H20N4O4. The van der Waals surface area contributed by atoms with E-state index in [-0.39, 0.29) is 18.2 Å². The van der Waals surface area contributed by atoms with Crippen molar-refractivity contribution in [1.29, 1.82) is 0 Å². The first-order valence-electron chi connectivity index (χ1n) is 7.83. The van der Waals surface area contributed by atoms with Gasteiger partial charge in [0.25, 0.3) is 0 Å². The number of aryl methyl sites for hydroxylation is 1. The maximum atomic E-state index is 12.1. The largest absolute Gasteiger partial charge is 0.421 e. The summed E-state index contributed by atoms with van der Waals surface area (Å²) in [5.74, 6) is 0.959. The van der Waals surface area contributed by atoms with Gasteiger partial charge in [-0.05, 0) is 31.2 Å². The molecule has 2 N–H and O–H groups in total.